The molecule has 0 aliphatic heterocycles. The normalized spacial score (nSPS) is 21.7. The van der Waals surface area contributed by atoms with Gasteiger partial charge in [-0.05, 0) is 126 Å². The Hall–Kier alpha value is -3.12. The van der Waals surface area contributed by atoms with Gasteiger partial charge >= 0.3 is 5.97 Å². The first-order valence-corrected chi connectivity index (χ1v) is 15.3. The lowest BCUT2D eigenvalue weighted by atomic mass is 9.63. The van der Waals surface area contributed by atoms with Gasteiger partial charge in [-0.2, -0.15) is 0 Å². The number of esters is 1. The molecule has 1 spiro atoms. The number of benzene rings is 2. The summed E-state index contributed by atoms with van der Waals surface area (Å²) in [6.45, 7) is 11.5. The molecule has 6 nitrogen and oxygen atoms in total. The number of ether oxygens (including phenoxy) is 1. The molecule has 41 heavy (non-hydrogen) atoms. The van der Waals surface area contributed by atoms with Crippen molar-refractivity contribution in [1.29, 1.82) is 0 Å². The second-order valence-corrected chi connectivity index (χ2v) is 12.9. The molecule has 5 rings (SSSR count). The van der Waals surface area contributed by atoms with E-state index >= 15 is 0 Å². The molecule has 6 heteroatoms. The number of carbonyl (C=O) groups is 2. The highest BCUT2D eigenvalue weighted by Crippen LogP contribution is 2.51. The van der Waals surface area contributed by atoms with Crippen LogP contribution in [0.5, 0.6) is 5.75 Å². The molecular weight excluding hydrogens is 514 g/mol. The number of phenolic OH excluding ortho intramolecular Hbond substituents is 1. The number of amides is 1. The third kappa shape index (κ3) is 7.59. The topological polar surface area (TPSA) is 87.1 Å². The molecule has 0 aromatic heterocycles. The van der Waals surface area contributed by atoms with E-state index in [4.69, 9.17) is 9.84 Å². The van der Waals surface area contributed by atoms with E-state index in [1.54, 1.807) is 6.07 Å². The van der Waals surface area contributed by atoms with Crippen LogP contribution in [0.25, 0.3) is 5.57 Å². The maximum atomic E-state index is 12.8. The van der Waals surface area contributed by atoms with Crippen molar-refractivity contribution >= 4 is 17.4 Å². The average Bonchev–Trinajstić information content (AvgIpc) is 3.78. The molecule has 2 aromatic carbocycles. The molecule has 0 heterocycles. The minimum Gasteiger partial charge on any atom is -0.507 e. The van der Waals surface area contributed by atoms with E-state index in [0.717, 1.165) is 54.4 Å². The SMILES string of the molecule is CCN(CC)C(=O)c1ccc(C2=CC3(CCC(C(=O)OC(C)(C)C)CC3)Cc3cccc(O)c32)cc1.OCC1CC1. The molecule has 2 N–H and O–H groups in total. The van der Waals surface area contributed by atoms with Crippen molar-refractivity contribution in [3.05, 3.63) is 70.8 Å². The molecule has 0 bridgehead atoms. The van der Waals surface area contributed by atoms with Crippen LogP contribution in [0.15, 0.2) is 48.5 Å². The van der Waals surface area contributed by atoms with E-state index in [1.807, 2.05) is 69.9 Å². The Balaban J connectivity index is 0.000000699. The number of aromatic hydroxyl groups is 1. The van der Waals surface area contributed by atoms with Crippen LogP contribution in [0.1, 0.15) is 100 Å². The van der Waals surface area contributed by atoms with Crippen molar-refractivity contribution in [1.82, 2.24) is 4.90 Å². The van der Waals surface area contributed by atoms with Gasteiger partial charge in [-0.25, -0.2) is 0 Å². The van der Waals surface area contributed by atoms with E-state index in [2.05, 4.69) is 12.1 Å². The van der Waals surface area contributed by atoms with Gasteiger partial charge < -0.3 is 19.8 Å². The highest BCUT2D eigenvalue weighted by molar-refractivity contribution is 5.95. The summed E-state index contributed by atoms with van der Waals surface area (Å²) in [6.07, 6.45) is 9.07. The molecule has 0 unspecified atom stereocenters. The Labute approximate surface area is 245 Å². The lowest BCUT2D eigenvalue weighted by Crippen LogP contribution is -2.36. The van der Waals surface area contributed by atoms with Gasteiger partial charge in [0.1, 0.15) is 11.4 Å². The minimum atomic E-state index is -0.473. The Morgan fingerprint density at radius 2 is 1.61 bits per heavy atom. The van der Waals surface area contributed by atoms with E-state index in [-0.39, 0.29) is 29.0 Å². The second kappa shape index (κ2) is 12.8. The van der Waals surface area contributed by atoms with Crippen LogP contribution in [0.3, 0.4) is 0 Å². The Kier molecular flexibility index (Phi) is 9.63. The summed E-state index contributed by atoms with van der Waals surface area (Å²) < 4.78 is 5.66. The van der Waals surface area contributed by atoms with Gasteiger partial charge in [-0.1, -0.05) is 30.3 Å². The third-order valence-electron chi connectivity index (χ3n) is 8.56. The zero-order chi connectivity index (χ0) is 29.8. The molecule has 3 aliphatic carbocycles. The monoisotopic (exact) mass is 561 g/mol. The summed E-state index contributed by atoms with van der Waals surface area (Å²) in [6, 6.07) is 13.5. The summed E-state index contributed by atoms with van der Waals surface area (Å²) in [5.74, 6) is 0.838. The third-order valence-corrected chi connectivity index (χ3v) is 8.56. The summed E-state index contributed by atoms with van der Waals surface area (Å²) >= 11 is 0. The second-order valence-electron chi connectivity index (χ2n) is 12.9. The fraction of sp³-hybridized carbons (Fsp3) is 0.543. The number of allylic oxidation sites excluding steroid dienone is 1. The van der Waals surface area contributed by atoms with E-state index < -0.39 is 5.60 Å². The van der Waals surface area contributed by atoms with Crippen molar-refractivity contribution < 1.29 is 24.5 Å². The smallest absolute Gasteiger partial charge is 0.309 e. The van der Waals surface area contributed by atoms with Crippen molar-refractivity contribution in [3.8, 4) is 5.75 Å². The predicted octanol–water partition coefficient (Wildman–Crippen LogP) is 6.77. The molecule has 0 saturated heterocycles. The predicted molar refractivity (Wildman–Crippen MR) is 163 cm³/mol. The fourth-order valence-corrected chi connectivity index (χ4v) is 6.00. The zero-order valence-electron chi connectivity index (χ0n) is 25.4. The summed E-state index contributed by atoms with van der Waals surface area (Å²) in [7, 11) is 0. The van der Waals surface area contributed by atoms with Crippen LogP contribution in [0.4, 0.5) is 0 Å². The minimum absolute atomic E-state index is 0.0318. The number of rotatable bonds is 6. The number of carbonyl (C=O) groups excluding carboxylic acids is 2. The number of fused-ring (bicyclic) bond motifs is 1. The van der Waals surface area contributed by atoms with Gasteiger partial charge in [0.15, 0.2) is 0 Å². The summed E-state index contributed by atoms with van der Waals surface area (Å²) in [5, 5.41) is 19.0. The van der Waals surface area contributed by atoms with Crippen LogP contribution in [0, 0.1) is 17.3 Å². The van der Waals surface area contributed by atoms with E-state index in [0.29, 0.717) is 31.2 Å². The highest BCUT2D eigenvalue weighted by atomic mass is 16.6. The number of aliphatic hydroxyl groups excluding tert-OH is 1. The molecule has 0 atom stereocenters. The van der Waals surface area contributed by atoms with Gasteiger partial charge in [0.05, 0.1) is 5.92 Å². The lowest BCUT2D eigenvalue weighted by molar-refractivity contribution is -0.161. The first-order valence-electron chi connectivity index (χ1n) is 15.3. The Morgan fingerprint density at radius 1 is 0.976 bits per heavy atom. The molecule has 1 amide bonds. The molecular formula is C35H47NO5. The van der Waals surface area contributed by atoms with Gasteiger partial charge in [0.2, 0.25) is 0 Å². The first kappa shape index (κ1) is 30.8. The summed E-state index contributed by atoms with van der Waals surface area (Å²) in [5.41, 5.74) is 4.13. The fourth-order valence-electron chi connectivity index (χ4n) is 6.00. The molecule has 2 aromatic rings. The molecule has 0 radical (unpaired) electrons. The Morgan fingerprint density at radius 3 is 2.12 bits per heavy atom. The average molecular weight is 562 g/mol. The van der Waals surface area contributed by atoms with Crippen LogP contribution in [-0.4, -0.2) is 52.3 Å². The van der Waals surface area contributed by atoms with Crippen LogP contribution in [-0.2, 0) is 16.0 Å². The van der Waals surface area contributed by atoms with Crippen LogP contribution < -0.4 is 0 Å². The lowest BCUT2D eigenvalue weighted by Gasteiger charge is -2.42. The number of aliphatic hydroxyl groups is 1. The maximum absolute atomic E-state index is 12.8. The quantitative estimate of drug-likeness (QED) is 0.380. The molecule has 2 saturated carbocycles. The molecule has 3 aliphatic rings. The van der Waals surface area contributed by atoms with Crippen molar-refractivity contribution in [2.45, 2.75) is 85.2 Å². The number of phenols is 1. The maximum Gasteiger partial charge on any atom is 0.309 e. The number of nitrogens with zero attached hydrogens (tertiary/aromatic N) is 1. The van der Waals surface area contributed by atoms with Gasteiger partial charge in [-0.15, -0.1) is 0 Å². The highest BCUT2D eigenvalue weighted by Gasteiger charge is 2.41. The van der Waals surface area contributed by atoms with Crippen molar-refractivity contribution in [2.75, 3.05) is 19.7 Å². The van der Waals surface area contributed by atoms with Crippen molar-refractivity contribution in [3.63, 3.8) is 0 Å². The van der Waals surface area contributed by atoms with E-state index in [1.165, 1.54) is 12.8 Å². The number of hydrogen-bond donors (Lipinski definition) is 2. The number of hydrogen-bond acceptors (Lipinski definition) is 5. The first-order chi connectivity index (χ1) is 19.5. The van der Waals surface area contributed by atoms with Crippen molar-refractivity contribution in [2.24, 2.45) is 17.3 Å². The summed E-state index contributed by atoms with van der Waals surface area (Å²) in [4.78, 5) is 27.3. The van der Waals surface area contributed by atoms with Crippen LogP contribution >= 0.6 is 0 Å². The van der Waals surface area contributed by atoms with Gasteiger partial charge in [-0.3, -0.25) is 9.59 Å². The zero-order valence-corrected chi connectivity index (χ0v) is 25.4. The molecule has 2 fully saturated rings. The van der Waals surface area contributed by atoms with Gasteiger partial charge in [0.25, 0.3) is 5.91 Å². The van der Waals surface area contributed by atoms with E-state index in [9.17, 15) is 14.7 Å². The van der Waals surface area contributed by atoms with Crippen LogP contribution in [0.2, 0.25) is 0 Å². The Bertz CT molecular complexity index is 1240. The molecule has 222 valence electrons. The largest absolute Gasteiger partial charge is 0.507 e. The van der Waals surface area contributed by atoms with Gasteiger partial charge in [0, 0.05) is 30.8 Å². The standard InChI is InChI=1S/C31H39NO4.C4H8O/c1-6-32(7-2)28(34)22-13-11-21(12-14-22)25-20-31(19-24-9-8-10-26(33)27(24)25)17-15-23(16-18-31)29(35)36-30(3,4)5;5-3-4-1-2-4/h8-14,20,23,33H,6-7,15-19H2,1-5H3;4-5H,1-3H2.